The molecule has 1 aromatic rings. The van der Waals surface area contributed by atoms with Crippen molar-refractivity contribution in [2.24, 2.45) is 11.8 Å². The lowest BCUT2D eigenvalue weighted by molar-refractivity contribution is -0.153. The van der Waals surface area contributed by atoms with Crippen LogP contribution in [0.2, 0.25) is 0 Å². The molecule has 26 heavy (non-hydrogen) atoms. The molecule has 0 aromatic carbocycles. The van der Waals surface area contributed by atoms with E-state index in [2.05, 4.69) is 25.5 Å². The zero-order valence-electron chi connectivity index (χ0n) is 15.6. The molecule has 1 N–H and O–H groups in total. The third-order valence-electron chi connectivity index (χ3n) is 6.16. The molecule has 4 atom stereocenters. The van der Waals surface area contributed by atoms with Crippen molar-refractivity contribution in [2.75, 3.05) is 19.6 Å². The Morgan fingerprint density at radius 3 is 2.92 bits per heavy atom. The number of rotatable bonds is 4. The second-order valence-electron chi connectivity index (χ2n) is 8.10. The number of hydrogen-bond acceptors (Lipinski definition) is 5. The number of thiazole rings is 1. The van der Waals surface area contributed by atoms with E-state index in [0.29, 0.717) is 30.8 Å². The average Bonchev–Trinajstić information content (AvgIpc) is 3.00. The van der Waals surface area contributed by atoms with Crippen LogP contribution >= 0.6 is 11.3 Å². The predicted molar refractivity (Wildman–Crippen MR) is 101 cm³/mol. The molecule has 1 aromatic heterocycles. The van der Waals surface area contributed by atoms with Crippen LogP contribution in [-0.2, 0) is 16.1 Å². The molecule has 4 heterocycles. The molecule has 3 aliphatic rings. The standard InChI is InChI=1S/C19H28N4O2S/c1-12-11-26-18(21-12)10-22-8-14-6-15(9-22)17(7-20-13(2)24)23-16(14)4-3-5-19(23)25/h11,14-17H,3-10H2,1-2H3,(H,20,24)/t14-,15+,16+,17+/m1/s1. The molecule has 2 amide bonds. The fourth-order valence-electron chi connectivity index (χ4n) is 5.18. The summed E-state index contributed by atoms with van der Waals surface area (Å²) in [6, 6.07) is 0.473. The van der Waals surface area contributed by atoms with E-state index in [4.69, 9.17) is 0 Å². The largest absolute Gasteiger partial charge is 0.354 e. The number of piperidine rings is 3. The molecule has 0 aliphatic carbocycles. The molecule has 0 unspecified atom stereocenters. The van der Waals surface area contributed by atoms with Gasteiger partial charge in [0.15, 0.2) is 0 Å². The van der Waals surface area contributed by atoms with Gasteiger partial charge in [-0.25, -0.2) is 4.98 Å². The number of likely N-dealkylation sites (tertiary alicyclic amines) is 1. The number of nitrogens with zero attached hydrogens (tertiary/aromatic N) is 3. The van der Waals surface area contributed by atoms with Gasteiger partial charge >= 0.3 is 0 Å². The lowest BCUT2D eigenvalue weighted by Gasteiger charge is -2.56. The Bertz CT molecular complexity index is 691. The Balaban J connectivity index is 1.53. The molecule has 2 bridgehead atoms. The smallest absolute Gasteiger partial charge is 0.223 e. The number of nitrogens with one attached hydrogen (secondary N) is 1. The van der Waals surface area contributed by atoms with E-state index in [-0.39, 0.29) is 17.9 Å². The van der Waals surface area contributed by atoms with Gasteiger partial charge in [-0.3, -0.25) is 14.5 Å². The first kappa shape index (κ1) is 17.9. The number of aryl methyl sites for hydroxylation is 1. The second kappa shape index (κ2) is 7.27. The van der Waals surface area contributed by atoms with Crippen LogP contribution in [0.1, 0.15) is 43.3 Å². The molecular weight excluding hydrogens is 348 g/mol. The highest BCUT2D eigenvalue weighted by Gasteiger charge is 2.49. The normalized spacial score (nSPS) is 31.6. The van der Waals surface area contributed by atoms with Gasteiger partial charge in [0.1, 0.15) is 5.01 Å². The lowest BCUT2D eigenvalue weighted by Crippen LogP contribution is -2.66. The zero-order chi connectivity index (χ0) is 18.3. The van der Waals surface area contributed by atoms with Gasteiger partial charge in [-0.1, -0.05) is 0 Å². The monoisotopic (exact) mass is 376 g/mol. The first-order chi connectivity index (χ1) is 12.5. The zero-order valence-corrected chi connectivity index (χ0v) is 16.4. The summed E-state index contributed by atoms with van der Waals surface area (Å²) in [5.41, 5.74) is 1.09. The SMILES string of the molecule is CC(=O)NC[C@H]1[C@H]2C[C@H](CN(Cc3nc(C)cs3)C2)[C@@H]2CCCC(=O)N21. The van der Waals surface area contributed by atoms with Crippen LogP contribution in [0.3, 0.4) is 0 Å². The van der Waals surface area contributed by atoms with Crippen molar-refractivity contribution in [1.29, 1.82) is 0 Å². The summed E-state index contributed by atoms with van der Waals surface area (Å²) in [5, 5.41) is 6.27. The first-order valence-corrected chi connectivity index (χ1v) is 10.6. The summed E-state index contributed by atoms with van der Waals surface area (Å²) in [6.07, 6.45) is 3.93. The first-order valence-electron chi connectivity index (χ1n) is 9.70. The Kier molecular flexibility index (Phi) is 5.01. The van der Waals surface area contributed by atoms with Gasteiger partial charge < -0.3 is 10.2 Å². The Morgan fingerprint density at radius 1 is 1.38 bits per heavy atom. The Morgan fingerprint density at radius 2 is 2.19 bits per heavy atom. The molecule has 0 spiro atoms. The van der Waals surface area contributed by atoms with Crippen molar-refractivity contribution < 1.29 is 9.59 Å². The van der Waals surface area contributed by atoms with Gasteiger partial charge in [0.25, 0.3) is 0 Å². The molecule has 0 saturated carbocycles. The fraction of sp³-hybridized carbons (Fsp3) is 0.737. The topological polar surface area (TPSA) is 65.5 Å². The third-order valence-corrected chi connectivity index (χ3v) is 7.11. The maximum atomic E-state index is 12.7. The molecule has 0 radical (unpaired) electrons. The number of carbonyl (C=O) groups is 2. The summed E-state index contributed by atoms with van der Waals surface area (Å²) in [5.74, 6) is 1.25. The third kappa shape index (κ3) is 3.51. The molecular formula is C19H28N4O2S. The highest BCUT2D eigenvalue weighted by Crippen LogP contribution is 2.41. The highest BCUT2D eigenvalue weighted by molar-refractivity contribution is 7.09. The predicted octanol–water partition coefficient (Wildman–Crippen LogP) is 1.79. The van der Waals surface area contributed by atoms with Crippen LogP contribution in [0.25, 0.3) is 0 Å². The number of amides is 2. The fourth-order valence-corrected chi connectivity index (χ4v) is 5.99. The number of fused-ring (bicyclic) bond motifs is 4. The molecule has 3 fully saturated rings. The average molecular weight is 377 g/mol. The molecule has 6 nitrogen and oxygen atoms in total. The highest BCUT2D eigenvalue weighted by atomic mass is 32.1. The van der Waals surface area contributed by atoms with Crippen molar-refractivity contribution in [2.45, 2.75) is 58.2 Å². The van der Waals surface area contributed by atoms with Gasteiger partial charge in [-0.15, -0.1) is 11.3 Å². The van der Waals surface area contributed by atoms with Crippen molar-refractivity contribution in [3.63, 3.8) is 0 Å². The van der Waals surface area contributed by atoms with Crippen LogP contribution in [0.5, 0.6) is 0 Å². The van der Waals surface area contributed by atoms with Crippen LogP contribution < -0.4 is 5.32 Å². The second-order valence-corrected chi connectivity index (χ2v) is 9.04. The van der Waals surface area contributed by atoms with Crippen molar-refractivity contribution in [3.05, 3.63) is 16.1 Å². The van der Waals surface area contributed by atoms with Gasteiger partial charge in [-0.2, -0.15) is 0 Å². The van der Waals surface area contributed by atoms with E-state index in [1.165, 1.54) is 11.4 Å². The lowest BCUT2D eigenvalue weighted by atomic mass is 9.72. The molecule has 4 rings (SSSR count). The van der Waals surface area contributed by atoms with E-state index in [9.17, 15) is 9.59 Å². The quantitative estimate of drug-likeness (QED) is 0.870. The van der Waals surface area contributed by atoms with Crippen LogP contribution in [0, 0.1) is 18.8 Å². The molecule has 3 saturated heterocycles. The molecule has 142 valence electrons. The summed E-state index contributed by atoms with van der Waals surface area (Å²) >= 11 is 1.74. The molecule has 3 aliphatic heterocycles. The van der Waals surface area contributed by atoms with Crippen molar-refractivity contribution in [1.82, 2.24) is 20.1 Å². The summed E-state index contributed by atoms with van der Waals surface area (Å²) < 4.78 is 0. The minimum absolute atomic E-state index is 0.0148. The van der Waals surface area contributed by atoms with Crippen LogP contribution in [0.4, 0.5) is 0 Å². The number of aromatic nitrogens is 1. The number of hydrogen-bond donors (Lipinski definition) is 1. The number of carbonyl (C=O) groups excluding carboxylic acids is 2. The molecule has 7 heteroatoms. The Hall–Kier alpha value is -1.47. The van der Waals surface area contributed by atoms with Crippen molar-refractivity contribution >= 4 is 23.2 Å². The van der Waals surface area contributed by atoms with Gasteiger partial charge in [0, 0.05) is 50.1 Å². The minimum Gasteiger partial charge on any atom is -0.354 e. The van der Waals surface area contributed by atoms with Crippen LogP contribution in [-0.4, -0.2) is 58.3 Å². The Labute approximate surface area is 159 Å². The van der Waals surface area contributed by atoms with E-state index < -0.39 is 0 Å². The minimum atomic E-state index is -0.0148. The maximum Gasteiger partial charge on any atom is 0.223 e. The van der Waals surface area contributed by atoms with E-state index in [1.54, 1.807) is 18.3 Å². The maximum absolute atomic E-state index is 12.7. The summed E-state index contributed by atoms with van der Waals surface area (Å²) in [6.45, 7) is 7.11. The van der Waals surface area contributed by atoms with E-state index >= 15 is 0 Å². The van der Waals surface area contributed by atoms with Gasteiger partial charge in [0.2, 0.25) is 11.8 Å². The van der Waals surface area contributed by atoms with E-state index in [1.807, 2.05) is 6.92 Å². The van der Waals surface area contributed by atoms with Gasteiger partial charge in [0.05, 0.1) is 12.6 Å². The van der Waals surface area contributed by atoms with Gasteiger partial charge in [-0.05, 0) is 38.0 Å². The van der Waals surface area contributed by atoms with Crippen molar-refractivity contribution in [3.8, 4) is 0 Å². The summed E-state index contributed by atoms with van der Waals surface area (Å²) in [7, 11) is 0. The summed E-state index contributed by atoms with van der Waals surface area (Å²) in [4.78, 5) is 33.5. The van der Waals surface area contributed by atoms with E-state index in [0.717, 1.165) is 38.2 Å². The van der Waals surface area contributed by atoms with Crippen LogP contribution in [0.15, 0.2) is 5.38 Å².